The Bertz CT molecular complexity index is 1170. The second kappa shape index (κ2) is 8.22. The van der Waals surface area contributed by atoms with Crippen LogP contribution in [0.25, 0.3) is 21.8 Å². The molecule has 4 heterocycles. The molecule has 3 nitrogen and oxygen atoms in total. The molecular weight excluding hydrogens is 392 g/mol. The van der Waals surface area contributed by atoms with E-state index in [1.165, 1.54) is 65.3 Å². The van der Waals surface area contributed by atoms with Crippen molar-refractivity contribution in [3.63, 3.8) is 0 Å². The first-order valence-electron chi connectivity index (χ1n) is 12.2. The lowest BCUT2D eigenvalue weighted by Gasteiger charge is -2.50. The first kappa shape index (κ1) is 19.8. The standard InChI is InChI=1S/C29H32N2O/c1-2-11-26(12-3-1)32-20-8-17-31-18-15-23(16-19-31)29(22-31)30-27-13-6-4-9-24(27)21-25-10-5-7-14-28(25)30/h1-7,9-14,21,23,29H,8,15-20,22H2/q+2/t23?,29-,31?/m0/s1. The van der Waals surface area contributed by atoms with Crippen molar-refractivity contribution < 1.29 is 13.8 Å². The van der Waals surface area contributed by atoms with Crippen LogP contribution in [0.4, 0.5) is 0 Å². The Balaban J connectivity index is 1.28. The molecule has 7 rings (SSSR count). The molecule has 3 aliphatic rings. The van der Waals surface area contributed by atoms with Crippen molar-refractivity contribution in [1.29, 1.82) is 0 Å². The molecule has 0 N–H and O–H groups in total. The van der Waals surface area contributed by atoms with Crippen LogP contribution in [0.1, 0.15) is 25.3 Å². The third kappa shape index (κ3) is 3.55. The van der Waals surface area contributed by atoms with Crippen LogP contribution >= 0.6 is 0 Å². The number of benzene rings is 3. The number of aromatic nitrogens is 1. The molecule has 3 aromatic carbocycles. The highest BCUT2D eigenvalue weighted by Gasteiger charge is 2.50. The van der Waals surface area contributed by atoms with Gasteiger partial charge in [-0.05, 0) is 30.3 Å². The van der Waals surface area contributed by atoms with Gasteiger partial charge in [0.25, 0.3) is 0 Å². The molecule has 0 aliphatic carbocycles. The van der Waals surface area contributed by atoms with Crippen molar-refractivity contribution in [2.45, 2.75) is 25.3 Å². The smallest absolute Gasteiger partial charge is 0.213 e. The fourth-order valence-corrected chi connectivity index (χ4v) is 6.28. The monoisotopic (exact) mass is 424 g/mol. The molecule has 4 aromatic rings. The lowest BCUT2D eigenvalue weighted by molar-refractivity contribution is -0.967. The van der Waals surface area contributed by atoms with E-state index in [0.29, 0.717) is 6.04 Å². The summed E-state index contributed by atoms with van der Waals surface area (Å²) in [5, 5.41) is 2.70. The van der Waals surface area contributed by atoms with Crippen LogP contribution in [0.5, 0.6) is 5.75 Å². The number of nitrogens with zero attached hydrogens (tertiary/aromatic N) is 2. The van der Waals surface area contributed by atoms with Crippen LogP contribution in [-0.4, -0.2) is 37.3 Å². The Kier molecular flexibility index (Phi) is 5.07. The summed E-state index contributed by atoms with van der Waals surface area (Å²) in [4.78, 5) is 0. The van der Waals surface area contributed by atoms with E-state index in [9.17, 15) is 0 Å². The van der Waals surface area contributed by atoms with Gasteiger partial charge in [0.2, 0.25) is 17.1 Å². The van der Waals surface area contributed by atoms with Gasteiger partial charge in [0.1, 0.15) is 12.3 Å². The van der Waals surface area contributed by atoms with Crippen molar-refractivity contribution in [3.8, 4) is 5.75 Å². The Morgan fingerprint density at radius 3 is 2.09 bits per heavy atom. The van der Waals surface area contributed by atoms with Crippen LogP contribution in [0.15, 0.2) is 84.9 Å². The molecule has 32 heavy (non-hydrogen) atoms. The fraction of sp³-hybridized carbons (Fsp3) is 0.345. The summed E-state index contributed by atoms with van der Waals surface area (Å²) in [5.74, 6) is 1.77. The molecule has 0 saturated carbocycles. The summed E-state index contributed by atoms with van der Waals surface area (Å²) in [6, 6.07) is 31.1. The van der Waals surface area contributed by atoms with Crippen molar-refractivity contribution >= 4 is 21.8 Å². The molecule has 3 aliphatic heterocycles. The average Bonchev–Trinajstić information content (AvgIpc) is 2.86. The molecular formula is C29H32N2O+2. The van der Waals surface area contributed by atoms with Crippen LogP contribution in [0, 0.1) is 5.92 Å². The molecule has 3 heteroatoms. The van der Waals surface area contributed by atoms with Crippen LogP contribution in [-0.2, 0) is 0 Å². The normalized spacial score (nSPS) is 24.8. The quantitative estimate of drug-likeness (QED) is 0.172. The number of hydrogen-bond donors (Lipinski definition) is 0. The van der Waals surface area contributed by atoms with Crippen molar-refractivity contribution in [1.82, 2.24) is 0 Å². The summed E-state index contributed by atoms with van der Waals surface area (Å²) in [5.41, 5.74) is 2.77. The van der Waals surface area contributed by atoms with Crippen LogP contribution in [0.2, 0.25) is 0 Å². The van der Waals surface area contributed by atoms with Gasteiger partial charge in [-0.2, -0.15) is 4.57 Å². The summed E-state index contributed by atoms with van der Waals surface area (Å²) >= 11 is 0. The Morgan fingerprint density at radius 2 is 1.41 bits per heavy atom. The summed E-state index contributed by atoms with van der Waals surface area (Å²) in [7, 11) is 0. The molecule has 162 valence electrons. The lowest BCUT2D eigenvalue weighted by Crippen LogP contribution is -2.67. The number of quaternary nitrogens is 1. The number of para-hydroxylation sites is 3. The number of piperidine rings is 3. The largest absolute Gasteiger partial charge is 0.493 e. The highest BCUT2D eigenvalue weighted by atomic mass is 16.5. The van der Waals surface area contributed by atoms with Crippen molar-refractivity contribution in [2.24, 2.45) is 5.92 Å². The highest BCUT2D eigenvalue weighted by molar-refractivity contribution is 5.88. The third-order valence-corrected chi connectivity index (χ3v) is 7.89. The zero-order valence-corrected chi connectivity index (χ0v) is 18.7. The van der Waals surface area contributed by atoms with Crippen LogP contribution < -0.4 is 9.30 Å². The van der Waals surface area contributed by atoms with Gasteiger partial charge in [0.15, 0.2) is 0 Å². The van der Waals surface area contributed by atoms with E-state index in [0.717, 1.165) is 24.7 Å². The van der Waals surface area contributed by atoms with Gasteiger partial charge in [-0.15, -0.1) is 0 Å². The van der Waals surface area contributed by atoms with Gasteiger partial charge in [0.05, 0.1) is 26.2 Å². The van der Waals surface area contributed by atoms with Gasteiger partial charge >= 0.3 is 0 Å². The minimum absolute atomic E-state index is 0.573. The van der Waals surface area contributed by atoms with Crippen LogP contribution in [0.3, 0.4) is 0 Å². The van der Waals surface area contributed by atoms with E-state index in [1.54, 1.807) is 0 Å². The topological polar surface area (TPSA) is 13.1 Å². The van der Waals surface area contributed by atoms with E-state index in [4.69, 9.17) is 4.74 Å². The number of pyridine rings is 1. The minimum atomic E-state index is 0.573. The predicted octanol–water partition coefficient (Wildman–Crippen LogP) is 5.53. The molecule has 0 radical (unpaired) electrons. The minimum Gasteiger partial charge on any atom is -0.493 e. The van der Waals surface area contributed by atoms with Gasteiger partial charge in [0, 0.05) is 48.1 Å². The first-order valence-corrected chi connectivity index (χ1v) is 12.2. The summed E-state index contributed by atoms with van der Waals surface area (Å²) < 4.78 is 9.96. The molecule has 0 unspecified atom stereocenters. The molecule has 0 amide bonds. The lowest BCUT2D eigenvalue weighted by atomic mass is 9.80. The molecule has 1 aromatic heterocycles. The van der Waals surface area contributed by atoms with E-state index in [1.807, 2.05) is 18.2 Å². The first-order chi connectivity index (χ1) is 15.8. The average molecular weight is 425 g/mol. The van der Waals surface area contributed by atoms with Crippen molar-refractivity contribution in [2.75, 3.05) is 32.8 Å². The van der Waals surface area contributed by atoms with Gasteiger partial charge in [-0.25, -0.2) is 0 Å². The maximum absolute atomic E-state index is 6.01. The predicted molar refractivity (Wildman–Crippen MR) is 130 cm³/mol. The number of ether oxygens (including phenoxy) is 1. The van der Waals surface area contributed by atoms with Gasteiger partial charge in [-0.1, -0.05) is 42.5 Å². The molecule has 2 bridgehead atoms. The summed E-state index contributed by atoms with van der Waals surface area (Å²) in [6.07, 6.45) is 3.80. The highest BCUT2D eigenvalue weighted by Crippen LogP contribution is 2.39. The SMILES string of the molecule is c1ccc(OCCC[N+]23CCC(CC2)[C@@H]([n+]2c4ccccc4cc4ccccc42)C3)cc1. The Labute approximate surface area is 190 Å². The van der Waals surface area contributed by atoms with E-state index >= 15 is 0 Å². The number of fused-ring (bicyclic) bond motifs is 5. The number of rotatable bonds is 6. The Morgan fingerprint density at radius 1 is 0.781 bits per heavy atom. The van der Waals surface area contributed by atoms with Crippen molar-refractivity contribution in [3.05, 3.63) is 84.9 Å². The summed E-state index contributed by atoms with van der Waals surface area (Å²) in [6.45, 7) is 5.94. The maximum Gasteiger partial charge on any atom is 0.213 e. The van der Waals surface area contributed by atoms with E-state index in [2.05, 4.69) is 71.3 Å². The zero-order chi connectivity index (χ0) is 21.4. The zero-order valence-electron chi connectivity index (χ0n) is 18.7. The van der Waals surface area contributed by atoms with Gasteiger partial charge in [-0.3, -0.25) is 0 Å². The second-order valence-electron chi connectivity index (χ2n) is 9.75. The number of hydrogen-bond acceptors (Lipinski definition) is 1. The second-order valence-corrected chi connectivity index (χ2v) is 9.75. The fourth-order valence-electron chi connectivity index (χ4n) is 6.28. The van der Waals surface area contributed by atoms with E-state index in [-0.39, 0.29) is 0 Å². The van der Waals surface area contributed by atoms with Gasteiger partial charge < -0.3 is 9.22 Å². The molecule has 3 fully saturated rings. The Hall–Kier alpha value is -2.91. The van der Waals surface area contributed by atoms with E-state index < -0.39 is 0 Å². The molecule has 3 saturated heterocycles. The molecule has 0 spiro atoms. The molecule has 1 atom stereocenters. The third-order valence-electron chi connectivity index (χ3n) is 7.89. The maximum atomic E-state index is 6.01.